The quantitative estimate of drug-likeness (QED) is 0.801. The molecule has 0 aliphatic heterocycles. The molecule has 1 aromatic heterocycles. The summed E-state index contributed by atoms with van der Waals surface area (Å²) in [7, 11) is 0. The lowest BCUT2D eigenvalue weighted by molar-refractivity contribution is 0.321. The third-order valence-electron chi connectivity index (χ3n) is 2.08. The number of hydrogen-bond donors (Lipinski definition) is 1. The van der Waals surface area contributed by atoms with Gasteiger partial charge in [-0.15, -0.1) is 0 Å². The molecule has 0 saturated carbocycles. The molecule has 0 aliphatic carbocycles. The van der Waals surface area contributed by atoms with Gasteiger partial charge in [-0.25, -0.2) is 0 Å². The molecule has 14 heavy (non-hydrogen) atoms. The molecule has 4 heteroatoms. The molecule has 0 spiro atoms. The van der Waals surface area contributed by atoms with Crippen molar-refractivity contribution < 1.29 is 4.52 Å². The molecule has 4 nitrogen and oxygen atoms in total. The van der Waals surface area contributed by atoms with Crippen molar-refractivity contribution in [2.24, 2.45) is 17.6 Å². The summed E-state index contributed by atoms with van der Waals surface area (Å²) in [5.74, 6) is 2.17. The van der Waals surface area contributed by atoms with Crippen molar-refractivity contribution in [3.05, 3.63) is 11.7 Å². The molecule has 1 unspecified atom stereocenters. The van der Waals surface area contributed by atoms with Gasteiger partial charge in [0.2, 0.25) is 5.89 Å². The van der Waals surface area contributed by atoms with Gasteiger partial charge < -0.3 is 10.3 Å². The fraction of sp³-hybridized carbons (Fsp3) is 0.800. The zero-order chi connectivity index (χ0) is 10.7. The predicted octanol–water partition coefficient (Wildman–Crippen LogP) is 1.92. The highest BCUT2D eigenvalue weighted by atomic mass is 16.5. The Bertz CT molecular complexity index is 281. The van der Waals surface area contributed by atoms with Crippen molar-refractivity contribution >= 4 is 0 Å². The molecule has 0 amide bonds. The monoisotopic (exact) mass is 197 g/mol. The zero-order valence-corrected chi connectivity index (χ0v) is 9.32. The van der Waals surface area contributed by atoms with Gasteiger partial charge in [0.25, 0.3) is 0 Å². The van der Waals surface area contributed by atoms with Gasteiger partial charge >= 0.3 is 0 Å². The lowest BCUT2D eigenvalue weighted by Crippen LogP contribution is -2.17. The van der Waals surface area contributed by atoms with Gasteiger partial charge in [-0.1, -0.05) is 32.9 Å². The summed E-state index contributed by atoms with van der Waals surface area (Å²) in [5.41, 5.74) is 5.89. The summed E-state index contributed by atoms with van der Waals surface area (Å²) < 4.78 is 5.10. The third kappa shape index (κ3) is 2.80. The Morgan fingerprint density at radius 1 is 1.29 bits per heavy atom. The van der Waals surface area contributed by atoms with Gasteiger partial charge in [0.15, 0.2) is 5.82 Å². The van der Waals surface area contributed by atoms with Crippen LogP contribution in [0.15, 0.2) is 4.52 Å². The van der Waals surface area contributed by atoms with E-state index in [0.29, 0.717) is 17.7 Å². The van der Waals surface area contributed by atoms with Crippen molar-refractivity contribution in [3.63, 3.8) is 0 Å². The summed E-state index contributed by atoms with van der Waals surface area (Å²) in [6.45, 7) is 8.32. The first-order chi connectivity index (χ1) is 6.50. The first kappa shape index (κ1) is 11.2. The molecule has 0 fully saturated rings. The number of nitrogens with zero attached hydrogens (tertiary/aromatic N) is 2. The largest absolute Gasteiger partial charge is 0.338 e. The van der Waals surface area contributed by atoms with Gasteiger partial charge in [0, 0.05) is 6.42 Å². The van der Waals surface area contributed by atoms with Crippen molar-refractivity contribution in [1.82, 2.24) is 10.1 Å². The van der Waals surface area contributed by atoms with Crippen molar-refractivity contribution in [1.29, 1.82) is 0 Å². The standard InChI is InChI=1S/C10H19N3O/c1-6(2)5-8-12-10(14-13-8)9(11)7(3)4/h6-7,9H,5,11H2,1-4H3. The third-order valence-corrected chi connectivity index (χ3v) is 2.08. The van der Waals surface area contributed by atoms with Crippen LogP contribution in [0.3, 0.4) is 0 Å². The minimum atomic E-state index is -0.150. The van der Waals surface area contributed by atoms with Crippen molar-refractivity contribution in [2.75, 3.05) is 0 Å². The van der Waals surface area contributed by atoms with Gasteiger partial charge in [0.05, 0.1) is 6.04 Å². The Morgan fingerprint density at radius 2 is 1.93 bits per heavy atom. The Balaban J connectivity index is 2.67. The van der Waals surface area contributed by atoms with E-state index in [4.69, 9.17) is 10.3 Å². The maximum atomic E-state index is 5.89. The van der Waals surface area contributed by atoms with Crippen LogP contribution in [-0.4, -0.2) is 10.1 Å². The highest BCUT2D eigenvalue weighted by Crippen LogP contribution is 2.17. The van der Waals surface area contributed by atoms with Gasteiger partial charge in [-0.05, 0) is 11.8 Å². The van der Waals surface area contributed by atoms with Crippen LogP contribution in [-0.2, 0) is 6.42 Å². The maximum Gasteiger partial charge on any atom is 0.243 e. The Morgan fingerprint density at radius 3 is 2.43 bits per heavy atom. The van der Waals surface area contributed by atoms with Crippen LogP contribution in [0.2, 0.25) is 0 Å². The molecular weight excluding hydrogens is 178 g/mol. The highest BCUT2D eigenvalue weighted by Gasteiger charge is 2.18. The Kier molecular flexibility index (Phi) is 3.63. The van der Waals surface area contributed by atoms with Gasteiger partial charge in [0.1, 0.15) is 0 Å². The normalized spacial score (nSPS) is 13.9. The molecule has 2 N–H and O–H groups in total. The van der Waals surface area contributed by atoms with Crippen LogP contribution < -0.4 is 5.73 Å². The summed E-state index contributed by atoms with van der Waals surface area (Å²) in [6, 6.07) is -0.150. The van der Waals surface area contributed by atoms with E-state index < -0.39 is 0 Å². The average molecular weight is 197 g/mol. The molecule has 0 bridgehead atoms. The van der Waals surface area contributed by atoms with Crippen LogP contribution in [0.5, 0.6) is 0 Å². The number of hydrogen-bond acceptors (Lipinski definition) is 4. The summed E-state index contributed by atoms with van der Waals surface area (Å²) in [5, 5.41) is 3.89. The van der Waals surface area contributed by atoms with Crippen LogP contribution in [0, 0.1) is 11.8 Å². The van der Waals surface area contributed by atoms with Crippen LogP contribution in [0.25, 0.3) is 0 Å². The van der Waals surface area contributed by atoms with E-state index in [9.17, 15) is 0 Å². The molecule has 1 aromatic rings. The van der Waals surface area contributed by atoms with Crippen LogP contribution in [0.4, 0.5) is 0 Å². The molecular formula is C10H19N3O. The molecule has 1 heterocycles. The van der Waals surface area contributed by atoms with Crippen LogP contribution in [0.1, 0.15) is 45.5 Å². The van der Waals surface area contributed by atoms with E-state index in [-0.39, 0.29) is 6.04 Å². The molecule has 0 saturated heterocycles. The Hall–Kier alpha value is -0.900. The fourth-order valence-electron chi connectivity index (χ4n) is 1.14. The van der Waals surface area contributed by atoms with E-state index in [1.54, 1.807) is 0 Å². The molecule has 0 aliphatic rings. The smallest absolute Gasteiger partial charge is 0.243 e. The van der Waals surface area contributed by atoms with Gasteiger partial charge in [-0.3, -0.25) is 0 Å². The first-order valence-corrected chi connectivity index (χ1v) is 5.08. The number of rotatable bonds is 4. The van der Waals surface area contributed by atoms with E-state index in [1.165, 1.54) is 0 Å². The summed E-state index contributed by atoms with van der Waals surface area (Å²) in [6.07, 6.45) is 0.842. The lowest BCUT2D eigenvalue weighted by Gasteiger charge is -2.09. The van der Waals surface area contributed by atoms with E-state index in [0.717, 1.165) is 12.2 Å². The summed E-state index contributed by atoms with van der Waals surface area (Å²) in [4.78, 5) is 4.27. The molecule has 0 radical (unpaired) electrons. The Labute approximate surface area is 84.9 Å². The number of nitrogens with two attached hydrogens (primary N) is 1. The van der Waals surface area contributed by atoms with Crippen LogP contribution >= 0.6 is 0 Å². The minimum Gasteiger partial charge on any atom is -0.338 e. The van der Waals surface area contributed by atoms with Crippen molar-refractivity contribution in [2.45, 2.75) is 40.2 Å². The lowest BCUT2D eigenvalue weighted by atomic mass is 10.1. The topological polar surface area (TPSA) is 64.9 Å². The van der Waals surface area contributed by atoms with E-state index in [2.05, 4.69) is 24.0 Å². The predicted molar refractivity (Wildman–Crippen MR) is 54.6 cm³/mol. The minimum absolute atomic E-state index is 0.150. The molecule has 80 valence electrons. The summed E-state index contributed by atoms with van der Waals surface area (Å²) >= 11 is 0. The number of aromatic nitrogens is 2. The molecule has 0 aromatic carbocycles. The van der Waals surface area contributed by atoms with E-state index >= 15 is 0 Å². The first-order valence-electron chi connectivity index (χ1n) is 5.08. The second-order valence-electron chi connectivity index (χ2n) is 4.42. The second-order valence-corrected chi connectivity index (χ2v) is 4.42. The van der Waals surface area contributed by atoms with E-state index in [1.807, 2.05) is 13.8 Å². The van der Waals surface area contributed by atoms with Crippen molar-refractivity contribution in [3.8, 4) is 0 Å². The highest BCUT2D eigenvalue weighted by molar-refractivity contribution is 4.93. The molecule has 1 rings (SSSR count). The fourth-order valence-corrected chi connectivity index (χ4v) is 1.14. The molecule has 1 atom stereocenters. The second kappa shape index (κ2) is 4.55. The zero-order valence-electron chi connectivity index (χ0n) is 9.32. The van der Waals surface area contributed by atoms with Gasteiger partial charge in [-0.2, -0.15) is 4.98 Å². The average Bonchev–Trinajstić information content (AvgIpc) is 2.50. The SMILES string of the molecule is CC(C)Cc1noc(C(N)C(C)C)n1. The maximum absolute atomic E-state index is 5.89.